The van der Waals surface area contributed by atoms with Crippen molar-refractivity contribution in [2.45, 2.75) is 5.75 Å². The summed E-state index contributed by atoms with van der Waals surface area (Å²) in [6.07, 6.45) is 0.966. The zero-order valence-corrected chi connectivity index (χ0v) is 11.9. The maximum atomic E-state index is 11.7. The van der Waals surface area contributed by atoms with Gasteiger partial charge >= 0.3 is 5.97 Å². The van der Waals surface area contributed by atoms with Gasteiger partial charge in [0.1, 0.15) is 9.84 Å². The van der Waals surface area contributed by atoms with Crippen LogP contribution in [0.4, 0.5) is 0 Å². The number of carboxylic acid groups (broad SMARTS) is 1. The van der Waals surface area contributed by atoms with Crippen LogP contribution in [0.2, 0.25) is 0 Å². The lowest BCUT2D eigenvalue weighted by molar-refractivity contribution is 0.0696. The summed E-state index contributed by atoms with van der Waals surface area (Å²) in [5, 5.41) is 8.79. The van der Waals surface area contributed by atoms with E-state index in [-0.39, 0.29) is 11.3 Å². The van der Waals surface area contributed by atoms with E-state index in [1.54, 1.807) is 0 Å². The van der Waals surface area contributed by atoms with Crippen molar-refractivity contribution in [3.8, 4) is 0 Å². The average molecular weight is 306 g/mol. The van der Waals surface area contributed by atoms with Crippen LogP contribution in [0.15, 0.2) is 24.3 Å². The molecule has 106 valence electrons. The Morgan fingerprint density at radius 2 is 1.79 bits per heavy atom. The molecule has 0 radical (unpaired) electrons. The van der Waals surface area contributed by atoms with Gasteiger partial charge in [0.2, 0.25) is 0 Å². The molecule has 1 aromatic rings. The van der Waals surface area contributed by atoms with Crippen molar-refractivity contribution in [3.05, 3.63) is 35.4 Å². The Kier molecular flexibility index (Phi) is 4.70. The van der Waals surface area contributed by atoms with E-state index in [1.165, 1.54) is 24.3 Å². The van der Waals surface area contributed by atoms with E-state index in [0.29, 0.717) is 5.56 Å². The van der Waals surface area contributed by atoms with E-state index < -0.39 is 37.1 Å². The van der Waals surface area contributed by atoms with Crippen molar-refractivity contribution in [3.63, 3.8) is 0 Å². The molecular weight excluding hydrogens is 292 g/mol. The molecule has 6 nitrogen and oxygen atoms in total. The zero-order valence-electron chi connectivity index (χ0n) is 10.2. The van der Waals surface area contributed by atoms with Gasteiger partial charge in [-0.05, 0) is 17.7 Å². The second-order valence-corrected chi connectivity index (χ2v) is 8.67. The molecule has 8 heteroatoms. The predicted octanol–water partition coefficient (Wildman–Crippen LogP) is 0.344. The number of carboxylic acids is 1. The lowest BCUT2D eigenvalue weighted by Gasteiger charge is -2.05. The van der Waals surface area contributed by atoms with Crippen LogP contribution in [-0.2, 0) is 25.4 Å². The summed E-state index contributed by atoms with van der Waals surface area (Å²) in [6, 6.07) is 5.56. The fraction of sp³-hybridized carbons (Fsp3) is 0.364. The highest BCUT2D eigenvalue weighted by atomic mass is 32.2. The standard InChI is InChI=1S/C11H14O6S2/c1-18(14,15)5-6-19(16,17)8-9-3-2-4-10(7-9)11(12)13/h2-4,7H,5-6,8H2,1H3,(H,12,13). The summed E-state index contributed by atoms with van der Waals surface area (Å²) in [7, 11) is -6.93. The molecule has 1 N–H and O–H groups in total. The molecule has 0 spiro atoms. The van der Waals surface area contributed by atoms with Gasteiger partial charge < -0.3 is 5.11 Å². The highest BCUT2D eigenvalue weighted by Gasteiger charge is 2.16. The summed E-state index contributed by atoms with van der Waals surface area (Å²) in [5.74, 6) is -2.42. The molecule has 0 saturated heterocycles. The SMILES string of the molecule is CS(=O)(=O)CCS(=O)(=O)Cc1cccc(C(=O)O)c1. The fourth-order valence-corrected chi connectivity index (χ4v) is 4.46. The minimum Gasteiger partial charge on any atom is -0.478 e. The van der Waals surface area contributed by atoms with Crippen LogP contribution in [0.25, 0.3) is 0 Å². The Hall–Kier alpha value is -1.41. The Morgan fingerprint density at radius 3 is 2.32 bits per heavy atom. The lowest BCUT2D eigenvalue weighted by atomic mass is 10.1. The summed E-state index contributed by atoms with van der Waals surface area (Å²) in [5.41, 5.74) is 0.323. The van der Waals surface area contributed by atoms with Gasteiger partial charge in [-0.25, -0.2) is 21.6 Å². The molecule has 0 aliphatic carbocycles. The van der Waals surface area contributed by atoms with E-state index in [4.69, 9.17) is 5.11 Å². The van der Waals surface area contributed by atoms with E-state index >= 15 is 0 Å². The summed E-state index contributed by atoms with van der Waals surface area (Å²) in [6.45, 7) is 0. The van der Waals surface area contributed by atoms with Crippen LogP contribution >= 0.6 is 0 Å². The van der Waals surface area contributed by atoms with Crippen molar-refractivity contribution >= 4 is 25.6 Å². The highest BCUT2D eigenvalue weighted by molar-refractivity contribution is 7.94. The summed E-state index contributed by atoms with van der Waals surface area (Å²) >= 11 is 0. The predicted molar refractivity (Wildman–Crippen MR) is 70.6 cm³/mol. The molecule has 19 heavy (non-hydrogen) atoms. The number of hydrogen-bond acceptors (Lipinski definition) is 5. The first kappa shape index (κ1) is 15.6. The molecule has 0 fully saturated rings. The first-order valence-corrected chi connectivity index (χ1v) is 9.18. The Balaban J connectivity index is 2.84. The van der Waals surface area contributed by atoms with Gasteiger partial charge in [0.15, 0.2) is 9.84 Å². The maximum Gasteiger partial charge on any atom is 0.335 e. The Labute approximate surface area is 111 Å². The van der Waals surface area contributed by atoms with E-state index in [2.05, 4.69) is 0 Å². The Morgan fingerprint density at radius 1 is 1.16 bits per heavy atom. The monoisotopic (exact) mass is 306 g/mol. The lowest BCUT2D eigenvalue weighted by Crippen LogP contribution is -2.17. The van der Waals surface area contributed by atoms with Gasteiger partial charge in [-0.3, -0.25) is 0 Å². The molecule has 1 aromatic carbocycles. The minimum absolute atomic E-state index is 0.00388. The molecule has 0 unspecified atom stereocenters. The van der Waals surface area contributed by atoms with E-state index in [0.717, 1.165) is 6.26 Å². The number of rotatable bonds is 6. The molecule has 0 aliphatic rings. The molecule has 1 rings (SSSR count). The third-order valence-electron chi connectivity index (χ3n) is 2.33. The second kappa shape index (κ2) is 5.70. The van der Waals surface area contributed by atoms with Crippen molar-refractivity contribution in [2.24, 2.45) is 0 Å². The van der Waals surface area contributed by atoms with Crippen molar-refractivity contribution in [1.29, 1.82) is 0 Å². The van der Waals surface area contributed by atoms with Gasteiger partial charge in [-0.1, -0.05) is 12.1 Å². The molecule has 0 aromatic heterocycles. The van der Waals surface area contributed by atoms with Crippen molar-refractivity contribution in [1.82, 2.24) is 0 Å². The van der Waals surface area contributed by atoms with Crippen molar-refractivity contribution in [2.75, 3.05) is 17.8 Å². The smallest absolute Gasteiger partial charge is 0.335 e. The van der Waals surface area contributed by atoms with Crippen LogP contribution in [0, 0.1) is 0 Å². The average Bonchev–Trinajstić information content (AvgIpc) is 2.25. The first-order valence-electron chi connectivity index (χ1n) is 5.29. The molecule has 0 bridgehead atoms. The fourth-order valence-electron chi connectivity index (χ4n) is 1.40. The van der Waals surface area contributed by atoms with Gasteiger partial charge in [0.05, 0.1) is 22.8 Å². The maximum absolute atomic E-state index is 11.7. The molecule has 0 aliphatic heterocycles. The summed E-state index contributed by atoms with van der Waals surface area (Å²) in [4.78, 5) is 10.7. The van der Waals surface area contributed by atoms with Gasteiger partial charge in [-0.15, -0.1) is 0 Å². The molecule has 0 atom stereocenters. The third kappa shape index (κ3) is 5.84. The molecule has 0 heterocycles. The third-order valence-corrected chi connectivity index (χ3v) is 5.13. The quantitative estimate of drug-likeness (QED) is 0.812. The number of sulfone groups is 2. The topological polar surface area (TPSA) is 106 Å². The minimum atomic E-state index is -3.58. The Bertz CT molecular complexity index is 673. The number of benzene rings is 1. The number of aromatic carboxylic acids is 1. The second-order valence-electron chi connectivity index (χ2n) is 4.23. The largest absolute Gasteiger partial charge is 0.478 e. The first-order chi connectivity index (χ1) is 8.59. The number of hydrogen-bond donors (Lipinski definition) is 1. The van der Waals surface area contributed by atoms with Gasteiger partial charge in [-0.2, -0.15) is 0 Å². The van der Waals surface area contributed by atoms with E-state index in [9.17, 15) is 21.6 Å². The van der Waals surface area contributed by atoms with Gasteiger partial charge in [0, 0.05) is 6.26 Å². The zero-order chi connectivity index (χ0) is 14.7. The molecule has 0 saturated carbocycles. The molecular formula is C11H14O6S2. The van der Waals surface area contributed by atoms with Crippen LogP contribution in [-0.4, -0.2) is 45.7 Å². The summed E-state index contributed by atoms with van der Waals surface area (Å²) < 4.78 is 45.3. The van der Waals surface area contributed by atoms with Crippen molar-refractivity contribution < 1.29 is 26.7 Å². The van der Waals surface area contributed by atoms with E-state index in [1.807, 2.05) is 0 Å². The van der Waals surface area contributed by atoms with Crippen LogP contribution in [0.3, 0.4) is 0 Å². The van der Waals surface area contributed by atoms with Crippen LogP contribution < -0.4 is 0 Å². The van der Waals surface area contributed by atoms with Gasteiger partial charge in [0.25, 0.3) is 0 Å². The molecule has 0 amide bonds. The van der Waals surface area contributed by atoms with Crippen LogP contribution in [0.1, 0.15) is 15.9 Å². The number of carbonyl (C=O) groups is 1. The highest BCUT2D eigenvalue weighted by Crippen LogP contribution is 2.10. The van der Waals surface area contributed by atoms with Crippen LogP contribution in [0.5, 0.6) is 0 Å². The normalized spacial score (nSPS) is 12.3.